The molecule has 0 aliphatic rings. The van der Waals surface area contributed by atoms with Crippen LogP contribution in [0.25, 0.3) is 0 Å². The molecule has 0 aliphatic carbocycles. The number of ether oxygens (including phenoxy) is 1. The standard InChI is InChI=1S/C14H19N3O5/c1-9(2)15-14(21)16-13(20)10(3)22-12(19)8-17-7-5-4-6-11(17)18/h4-7,9-10H,8H2,1-3H3,(H2,15,16,20,21)/t10-/m0/s1. The summed E-state index contributed by atoms with van der Waals surface area (Å²) in [4.78, 5) is 46.2. The number of amides is 3. The van der Waals surface area contributed by atoms with Gasteiger partial charge in [-0.15, -0.1) is 0 Å². The Labute approximate surface area is 127 Å². The van der Waals surface area contributed by atoms with Crippen LogP contribution in [-0.4, -0.2) is 34.6 Å². The zero-order valence-corrected chi connectivity index (χ0v) is 12.7. The second-order valence-electron chi connectivity index (χ2n) is 4.92. The van der Waals surface area contributed by atoms with Gasteiger partial charge < -0.3 is 14.6 Å². The number of hydrogen-bond donors (Lipinski definition) is 2. The van der Waals surface area contributed by atoms with Gasteiger partial charge in [0.25, 0.3) is 11.5 Å². The third kappa shape index (κ3) is 5.78. The van der Waals surface area contributed by atoms with Crippen molar-refractivity contribution < 1.29 is 19.1 Å². The van der Waals surface area contributed by atoms with Crippen molar-refractivity contribution in [2.45, 2.75) is 39.5 Å². The molecule has 0 fully saturated rings. The molecular weight excluding hydrogens is 290 g/mol. The van der Waals surface area contributed by atoms with Crippen LogP contribution in [0, 0.1) is 0 Å². The summed E-state index contributed by atoms with van der Waals surface area (Å²) in [5.41, 5.74) is -0.354. The molecule has 3 amide bonds. The van der Waals surface area contributed by atoms with Crippen LogP contribution < -0.4 is 16.2 Å². The van der Waals surface area contributed by atoms with Crippen LogP contribution in [0.15, 0.2) is 29.2 Å². The lowest BCUT2D eigenvalue weighted by atomic mass is 10.3. The van der Waals surface area contributed by atoms with Crippen LogP contribution in [0.1, 0.15) is 20.8 Å². The molecule has 0 saturated carbocycles. The van der Waals surface area contributed by atoms with Crippen LogP contribution >= 0.6 is 0 Å². The molecule has 2 N–H and O–H groups in total. The topological polar surface area (TPSA) is 106 Å². The number of nitrogens with one attached hydrogen (secondary N) is 2. The number of pyridine rings is 1. The Kier molecular flexibility index (Phi) is 6.30. The number of esters is 1. The van der Waals surface area contributed by atoms with Gasteiger partial charge in [0, 0.05) is 18.3 Å². The van der Waals surface area contributed by atoms with E-state index in [1.165, 1.54) is 19.2 Å². The van der Waals surface area contributed by atoms with Crippen molar-refractivity contribution in [2.24, 2.45) is 0 Å². The Morgan fingerprint density at radius 1 is 1.23 bits per heavy atom. The van der Waals surface area contributed by atoms with E-state index in [2.05, 4.69) is 10.6 Å². The summed E-state index contributed by atoms with van der Waals surface area (Å²) < 4.78 is 6.04. The quantitative estimate of drug-likeness (QED) is 0.745. The number of urea groups is 1. The second kappa shape index (κ2) is 7.96. The third-order valence-corrected chi connectivity index (χ3v) is 2.53. The minimum atomic E-state index is -1.15. The van der Waals surface area contributed by atoms with Gasteiger partial charge in [0.2, 0.25) is 0 Å². The van der Waals surface area contributed by atoms with Crippen molar-refractivity contribution in [3.05, 3.63) is 34.7 Å². The molecule has 0 radical (unpaired) electrons. The summed E-state index contributed by atoms with van der Waals surface area (Å²) in [5.74, 6) is -1.49. The molecule has 0 spiro atoms. The molecule has 0 saturated heterocycles. The fraction of sp³-hybridized carbons (Fsp3) is 0.429. The predicted molar refractivity (Wildman–Crippen MR) is 78.1 cm³/mol. The van der Waals surface area contributed by atoms with E-state index in [4.69, 9.17) is 4.74 Å². The maximum Gasteiger partial charge on any atom is 0.326 e. The van der Waals surface area contributed by atoms with Crippen molar-refractivity contribution in [1.82, 2.24) is 15.2 Å². The maximum atomic E-state index is 11.7. The average Bonchev–Trinajstić information content (AvgIpc) is 2.40. The van der Waals surface area contributed by atoms with Crippen LogP contribution in [0.2, 0.25) is 0 Å². The number of carbonyl (C=O) groups excluding carboxylic acids is 3. The van der Waals surface area contributed by atoms with Gasteiger partial charge >= 0.3 is 12.0 Å². The van der Waals surface area contributed by atoms with Crippen molar-refractivity contribution in [1.29, 1.82) is 0 Å². The lowest BCUT2D eigenvalue weighted by molar-refractivity contribution is -0.155. The van der Waals surface area contributed by atoms with Gasteiger partial charge in [0.05, 0.1) is 0 Å². The molecule has 1 aromatic heterocycles. The lowest BCUT2D eigenvalue weighted by Gasteiger charge is -2.14. The molecule has 8 heteroatoms. The Bertz CT molecular complexity index is 608. The van der Waals surface area contributed by atoms with E-state index in [0.29, 0.717) is 0 Å². The van der Waals surface area contributed by atoms with Crippen LogP contribution in [0.3, 0.4) is 0 Å². The monoisotopic (exact) mass is 309 g/mol. The zero-order valence-electron chi connectivity index (χ0n) is 12.7. The highest BCUT2D eigenvalue weighted by Gasteiger charge is 2.20. The van der Waals surface area contributed by atoms with E-state index in [1.54, 1.807) is 26.0 Å². The van der Waals surface area contributed by atoms with E-state index in [1.807, 2.05) is 0 Å². The van der Waals surface area contributed by atoms with Gasteiger partial charge in [-0.05, 0) is 26.8 Å². The molecule has 22 heavy (non-hydrogen) atoms. The summed E-state index contributed by atoms with van der Waals surface area (Å²) in [7, 11) is 0. The first-order chi connectivity index (χ1) is 10.3. The average molecular weight is 309 g/mol. The SMILES string of the molecule is CC(C)NC(=O)NC(=O)[C@H](C)OC(=O)Cn1ccccc1=O. The fourth-order valence-corrected chi connectivity index (χ4v) is 1.53. The van der Waals surface area contributed by atoms with Crippen molar-refractivity contribution in [2.75, 3.05) is 0 Å². The van der Waals surface area contributed by atoms with Gasteiger partial charge in [-0.1, -0.05) is 6.07 Å². The van der Waals surface area contributed by atoms with E-state index in [0.717, 1.165) is 4.57 Å². The molecular formula is C14H19N3O5. The van der Waals surface area contributed by atoms with Crippen LogP contribution in [0.4, 0.5) is 4.79 Å². The molecule has 1 atom stereocenters. The largest absolute Gasteiger partial charge is 0.451 e. The first-order valence-electron chi connectivity index (χ1n) is 6.76. The smallest absolute Gasteiger partial charge is 0.326 e. The molecule has 0 unspecified atom stereocenters. The Morgan fingerprint density at radius 2 is 1.91 bits per heavy atom. The fourth-order valence-electron chi connectivity index (χ4n) is 1.53. The Morgan fingerprint density at radius 3 is 2.50 bits per heavy atom. The van der Waals surface area contributed by atoms with E-state index >= 15 is 0 Å². The first kappa shape index (κ1) is 17.4. The highest BCUT2D eigenvalue weighted by molar-refractivity contribution is 5.97. The van der Waals surface area contributed by atoms with Crippen LogP contribution in [-0.2, 0) is 20.9 Å². The highest BCUT2D eigenvalue weighted by Crippen LogP contribution is 1.95. The Balaban J connectivity index is 2.50. The van der Waals surface area contributed by atoms with E-state index < -0.39 is 24.0 Å². The molecule has 0 aromatic carbocycles. The number of carbonyl (C=O) groups is 3. The molecule has 8 nitrogen and oxygen atoms in total. The van der Waals surface area contributed by atoms with Crippen LogP contribution in [0.5, 0.6) is 0 Å². The van der Waals surface area contributed by atoms with Gasteiger partial charge in [-0.25, -0.2) is 4.79 Å². The molecule has 1 aromatic rings. The van der Waals surface area contributed by atoms with Gasteiger partial charge in [-0.3, -0.25) is 19.7 Å². The third-order valence-electron chi connectivity index (χ3n) is 2.53. The summed E-state index contributed by atoms with van der Waals surface area (Å²) in [6.07, 6.45) is 0.287. The lowest BCUT2D eigenvalue weighted by Crippen LogP contribution is -2.46. The minimum absolute atomic E-state index is 0.129. The summed E-state index contributed by atoms with van der Waals surface area (Å²) in [6, 6.07) is 3.66. The molecule has 1 heterocycles. The zero-order chi connectivity index (χ0) is 16.7. The number of nitrogens with zero attached hydrogens (tertiary/aromatic N) is 1. The van der Waals surface area contributed by atoms with Crippen molar-refractivity contribution in [3.8, 4) is 0 Å². The number of rotatable bonds is 5. The first-order valence-corrected chi connectivity index (χ1v) is 6.76. The summed E-state index contributed by atoms with van der Waals surface area (Å²) >= 11 is 0. The number of hydrogen-bond acceptors (Lipinski definition) is 5. The maximum absolute atomic E-state index is 11.7. The number of aromatic nitrogens is 1. The minimum Gasteiger partial charge on any atom is -0.451 e. The molecule has 0 bridgehead atoms. The summed E-state index contributed by atoms with van der Waals surface area (Å²) in [5, 5.41) is 4.53. The van der Waals surface area contributed by atoms with Gasteiger partial charge in [-0.2, -0.15) is 0 Å². The second-order valence-corrected chi connectivity index (χ2v) is 4.92. The highest BCUT2D eigenvalue weighted by atomic mass is 16.5. The van der Waals surface area contributed by atoms with Crippen molar-refractivity contribution in [3.63, 3.8) is 0 Å². The van der Waals surface area contributed by atoms with E-state index in [9.17, 15) is 19.2 Å². The number of imide groups is 1. The molecule has 120 valence electrons. The normalized spacial score (nSPS) is 11.6. The van der Waals surface area contributed by atoms with E-state index in [-0.39, 0.29) is 18.1 Å². The molecule has 1 rings (SSSR count). The summed E-state index contributed by atoms with van der Waals surface area (Å²) in [6.45, 7) is 4.51. The Hall–Kier alpha value is -2.64. The molecule has 0 aliphatic heterocycles. The predicted octanol–water partition coefficient (Wildman–Crippen LogP) is 0.0142. The van der Waals surface area contributed by atoms with Gasteiger partial charge in [0.15, 0.2) is 6.10 Å². The van der Waals surface area contributed by atoms with Gasteiger partial charge in [0.1, 0.15) is 6.54 Å². The van der Waals surface area contributed by atoms with Crippen molar-refractivity contribution >= 4 is 17.9 Å².